The first-order chi connectivity index (χ1) is 12.4. The largest absolute Gasteiger partial charge is 0.486 e. The average molecular weight is 376 g/mol. The number of aromatic nitrogens is 1. The molecule has 1 unspecified atom stereocenters. The summed E-state index contributed by atoms with van der Waals surface area (Å²) < 4.78 is 5.70. The quantitative estimate of drug-likeness (QED) is 0.726. The zero-order chi connectivity index (χ0) is 19.1. The number of carboxylic acid groups (broad SMARTS) is 1. The molecule has 0 fully saturated rings. The first kappa shape index (κ1) is 19.9. The van der Waals surface area contributed by atoms with Crippen LogP contribution in [0.15, 0.2) is 29.6 Å². The summed E-state index contributed by atoms with van der Waals surface area (Å²) >= 11 is 1.43. The van der Waals surface area contributed by atoms with Crippen molar-refractivity contribution < 1.29 is 19.4 Å². The van der Waals surface area contributed by atoms with E-state index in [2.05, 4.69) is 4.98 Å². The maximum absolute atomic E-state index is 12.5. The van der Waals surface area contributed by atoms with Crippen molar-refractivity contribution in [3.63, 3.8) is 0 Å². The summed E-state index contributed by atoms with van der Waals surface area (Å²) in [6, 6.07) is 7.65. The third-order valence-electron chi connectivity index (χ3n) is 4.06. The molecule has 2 aromatic rings. The average Bonchev–Trinajstić information content (AvgIpc) is 3.05. The molecule has 26 heavy (non-hydrogen) atoms. The van der Waals surface area contributed by atoms with E-state index >= 15 is 0 Å². The molecular weight excluding hydrogens is 352 g/mol. The first-order valence-corrected chi connectivity index (χ1v) is 9.41. The number of carbonyl (C=O) groups excluding carboxylic acids is 1. The molecular formula is C19H24N2O4S. The van der Waals surface area contributed by atoms with E-state index in [0.717, 1.165) is 10.8 Å². The highest BCUT2D eigenvalue weighted by Gasteiger charge is 2.22. The SMILES string of the molecule is CCC(C)N(CC(=O)O)C(=O)Cc1csc(COc2ccc(C)cc2)n1. The Balaban J connectivity index is 1.94. The maximum Gasteiger partial charge on any atom is 0.323 e. The molecule has 1 amide bonds. The lowest BCUT2D eigenvalue weighted by molar-refractivity contribution is -0.145. The van der Waals surface area contributed by atoms with Crippen LogP contribution in [0.3, 0.4) is 0 Å². The normalized spacial score (nSPS) is 11.8. The Labute approximate surface area is 157 Å². The molecule has 6 nitrogen and oxygen atoms in total. The zero-order valence-corrected chi connectivity index (χ0v) is 16.1. The molecule has 2 rings (SSSR count). The van der Waals surface area contributed by atoms with Crippen LogP contribution in [-0.2, 0) is 22.6 Å². The van der Waals surface area contributed by atoms with Crippen molar-refractivity contribution in [2.75, 3.05) is 6.54 Å². The number of nitrogens with zero attached hydrogens (tertiary/aromatic N) is 2. The van der Waals surface area contributed by atoms with E-state index in [4.69, 9.17) is 9.84 Å². The van der Waals surface area contributed by atoms with Crippen LogP contribution in [0.4, 0.5) is 0 Å². The second kappa shape index (κ2) is 9.33. The summed E-state index contributed by atoms with van der Waals surface area (Å²) in [4.78, 5) is 29.3. The number of ether oxygens (including phenoxy) is 1. The highest BCUT2D eigenvalue weighted by atomic mass is 32.1. The third kappa shape index (κ3) is 5.84. The van der Waals surface area contributed by atoms with E-state index in [-0.39, 0.29) is 24.9 Å². The van der Waals surface area contributed by atoms with E-state index in [0.29, 0.717) is 18.7 Å². The fraction of sp³-hybridized carbons (Fsp3) is 0.421. The van der Waals surface area contributed by atoms with Gasteiger partial charge in [0.1, 0.15) is 23.9 Å². The molecule has 0 saturated heterocycles. The summed E-state index contributed by atoms with van der Waals surface area (Å²) in [5, 5.41) is 11.6. The lowest BCUT2D eigenvalue weighted by Gasteiger charge is -2.26. The lowest BCUT2D eigenvalue weighted by atomic mass is 10.2. The van der Waals surface area contributed by atoms with Gasteiger partial charge in [0.2, 0.25) is 5.91 Å². The van der Waals surface area contributed by atoms with E-state index in [1.807, 2.05) is 50.4 Å². The van der Waals surface area contributed by atoms with Crippen LogP contribution in [0.1, 0.15) is 36.5 Å². The van der Waals surface area contributed by atoms with Crippen LogP contribution in [0.5, 0.6) is 5.75 Å². The van der Waals surface area contributed by atoms with Gasteiger partial charge in [0, 0.05) is 11.4 Å². The maximum atomic E-state index is 12.5. The van der Waals surface area contributed by atoms with E-state index in [1.165, 1.54) is 21.8 Å². The molecule has 0 aliphatic heterocycles. The Kier molecular flexibility index (Phi) is 7.15. The molecule has 1 atom stereocenters. The monoisotopic (exact) mass is 376 g/mol. The van der Waals surface area contributed by atoms with Crippen molar-refractivity contribution in [3.05, 3.63) is 45.9 Å². The molecule has 1 aromatic heterocycles. The summed E-state index contributed by atoms with van der Waals surface area (Å²) in [7, 11) is 0. The number of aliphatic carboxylic acids is 1. The van der Waals surface area contributed by atoms with Crippen molar-refractivity contribution in [3.8, 4) is 5.75 Å². The van der Waals surface area contributed by atoms with Gasteiger partial charge < -0.3 is 14.7 Å². The van der Waals surface area contributed by atoms with Crippen LogP contribution in [0.2, 0.25) is 0 Å². The lowest BCUT2D eigenvalue weighted by Crippen LogP contribution is -2.42. The van der Waals surface area contributed by atoms with Crippen LogP contribution >= 0.6 is 11.3 Å². The number of carbonyl (C=O) groups is 2. The Bertz CT molecular complexity index is 742. The van der Waals surface area contributed by atoms with Crippen LogP contribution in [-0.4, -0.2) is 39.5 Å². The number of benzene rings is 1. The Morgan fingerprint density at radius 2 is 2.00 bits per heavy atom. The number of carboxylic acids is 1. The minimum absolute atomic E-state index is 0.0959. The number of aryl methyl sites for hydroxylation is 1. The van der Waals surface area contributed by atoms with Gasteiger partial charge in [-0.2, -0.15) is 0 Å². The van der Waals surface area contributed by atoms with Gasteiger partial charge in [-0.3, -0.25) is 9.59 Å². The molecule has 0 saturated carbocycles. The number of rotatable bonds is 9. The molecule has 1 heterocycles. The second-order valence-corrected chi connectivity index (χ2v) is 7.13. The summed E-state index contributed by atoms with van der Waals surface area (Å²) in [5.74, 6) is -0.463. The summed E-state index contributed by atoms with van der Waals surface area (Å²) in [6.45, 7) is 5.84. The minimum Gasteiger partial charge on any atom is -0.486 e. The molecule has 140 valence electrons. The van der Waals surface area contributed by atoms with Gasteiger partial charge in [-0.25, -0.2) is 4.98 Å². The molecule has 7 heteroatoms. The fourth-order valence-electron chi connectivity index (χ4n) is 2.39. The Morgan fingerprint density at radius 1 is 1.31 bits per heavy atom. The van der Waals surface area contributed by atoms with Crippen molar-refractivity contribution >= 4 is 23.2 Å². The van der Waals surface area contributed by atoms with Crippen molar-refractivity contribution in [1.82, 2.24) is 9.88 Å². The molecule has 0 radical (unpaired) electrons. The van der Waals surface area contributed by atoms with Crippen molar-refractivity contribution in [2.24, 2.45) is 0 Å². The van der Waals surface area contributed by atoms with Gasteiger partial charge in [0.25, 0.3) is 0 Å². The fourth-order valence-corrected chi connectivity index (χ4v) is 3.09. The number of hydrogen-bond acceptors (Lipinski definition) is 5. The highest BCUT2D eigenvalue weighted by molar-refractivity contribution is 7.09. The van der Waals surface area contributed by atoms with E-state index in [9.17, 15) is 9.59 Å². The first-order valence-electron chi connectivity index (χ1n) is 8.53. The standard InChI is InChI=1S/C19H24N2O4S/c1-4-14(3)21(10-19(23)24)18(22)9-15-12-26-17(20-15)11-25-16-7-5-13(2)6-8-16/h5-8,12,14H,4,9-11H2,1-3H3,(H,23,24). The number of hydrogen-bond donors (Lipinski definition) is 1. The molecule has 0 spiro atoms. The van der Waals surface area contributed by atoms with Crippen LogP contribution in [0.25, 0.3) is 0 Å². The molecule has 0 aliphatic rings. The van der Waals surface area contributed by atoms with Gasteiger partial charge in [-0.15, -0.1) is 11.3 Å². The highest BCUT2D eigenvalue weighted by Crippen LogP contribution is 2.17. The molecule has 0 bridgehead atoms. The number of amides is 1. The topological polar surface area (TPSA) is 79.7 Å². The molecule has 1 aromatic carbocycles. The second-order valence-electron chi connectivity index (χ2n) is 6.18. The predicted octanol–water partition coefficient (Wildman–Crippen LogP) is 3.28. The molecule has 1 N–H and O–H groups in total. The van der Waals surface area contributed by atoms with Gasteiger partial charge in [0.15, 0.2) is 0 Å². The summed E-state index contributed by atoms with van der Waals surface area (Å²) in [6.07, 6.45) is 0.796. The molecule has 0 aliphatic carbocycles. The number of thiazole rings is 1. The predicted molar refractivity (Wildman–Crippen MR) is 100 cm³/mol. The Hall–Kier alpha value is -2.41. The zero-order valence-electron chi connectivity index (χ0n) is 15.3. The van der Waals surface area contributed by atoms with Crippen LogP contribution < -0.4 is 4.74 Å². The van der Waals surface area contributed by atoms with Gasteiger partial charge >= 0.3 is 5.97 Å². The van der Waals surface area contributed by atoms with Gasteiger partial charge in [0.05, 0.1) is 12.1 Å². The van der Waals surface area contributed by atoms with Gasteiger partial charge in [-0.1, -0.05) is 24.6 Å². The van der Waals surface area contributed by atoms with E-state index < -0.39 is 5.97 Å². The minimum atomic E-state index is -1.01. The van der Waals surface area contributed by atoms with Crippen molar-refractivity contribution in [2.45, 2.75) is 46.3 Å². The summed E-state index contributed by atoms with van der Waals surface area (Å²) in [5.41, 5.74) is 1.81. The van der Waals surface area contributed by atoms with Gasteiger partial charge in [-0.05, 0) is 32.4 Å². The Morgan fingerprint density at radius 3 is 2.62 bits per heavy atom. The van der Waals surface area contributed by atoms with Crippen LogP contribution in [0, 0.1) is 6.92 Å². The van der Waals surface area contributed by atoms with Crippen molar-refractivity contribution in [1.29, 1.82) is 0 Å². The van der Waals surface area contributed by atoms with E-state index in [1.54, 1.807) is 0 Å². The smallest absolute Gasteiger partial charge is 0.323 e. The third-order valence-corrected chi connectivity index (χ3v) is 4.93.